The molecule has 2 fully saturated rings. The summed E-state index contributed by atoms with van der Waals surface area (Å²) in [7, 11) is 0. The summed E-state index contributed by atoms with van der Waals surface area (Å²) in [5.74, 6) is 1.04. The molecule has 36 heavy (non-hydrogen) atoms. The first kappa shape index (κ1) is 24.3. The van der Waals surface area contributed by atoms with Crippen LogP contribution in [0.5, 0.6) is 0 Å². The maximum atomic E-state index is 13.0. The van der Waals surface area contributed by atoms with E-state index in [1.165, 1.54) is 12.1 Å². The molecule has 190 valence electrons. The van der Waals surface area contributed by atoms with Crippen LogP contribution in [0.25, 0.3) is 11.2 Å². The number of aromatic nitrogens is 4. The highest BCUT2D eigenvalue weighted by molar-refractivity contribution is 5.76. The van der Waals surface area contributed by atoms with Crippen LogP contribution >= 0.6 is 0 Å². The second kappa shape index (κ2) is 9.93. The lowest BCUT2D eigenvalue weighted by atomic mass is 9.87. The van der Waals surface area contributed by atoms with Crippen molar-refractivity contribution in [1.82, 2.24) is 19.5 Å². The molecule has 8 nitrogen and oxygen atoms in total. The molecule has 1 saturated carbocycles. The molecule has 5 rings (SSSR count). The van der Waals surface area contributed by atoms with Crippen LogP contribution in [0, 0.1) is 17.2 Å². The maximum Gasteiger partial charge on any atom is 0.416 e. The largest absolute Gasteiger partial charge is 0.416 e. The van der Waals surface area contributed by atoms with Gasteiger partial charge in [-0.25, -0.2) is 9.97 Å². The highest BCUT2D eigenvalue weighted by Gasteiger charge is 2.30. The number of hydrogen-bond acceptors (Lipinski definition) is 7. The quantitative estimate of drug-likeness (QED) is 0.456. The summed E-state index contributed by atoms with van der Waals surface area (Å²) in [6.07, 6.45) is 2.29. The number of ether oxygens (including phenoxy) is 1. The lowest BCUT2D eigenvalue weighted by Gasteiger charge is -2.28. The van der Waals surface area contributed by atoms with Crippen LogP contribution in [0.15, 0.2) is 30.5 Å². The molecule has 2 N–H and O–H groups in total. The van der Waals surface area contributed by atoms with Crippen LogP contribution < -0.4 is 10.6 Å². The van der Waals surface area contributed by atoms with E-state index in [0.717, 1.165) is 50.7 Å². The van der Waals surface area contributed by atoms with Crippen LogP contribution in [-0.4, -0.2) is 38.3 Å². The van der Waals surface area contributed by atoms with Gasteiger partial charge in [0.25, 0.3) is 0 Å². The standard InChI is InChI=1S/C25H28F3N7O/c1-15-12-19(10-11-36-15)31-23-30-14-21-22(34-23)35(20-8-2-16(13-29)3-9-20)24(33-21)32-18-6-4-17(5-7-18)25(26,27)28/h4-7,14-16,19-20H,2-3,8-12H2,1H3,(H,32,33)(H,30,31,34)/t15-,16?,19-,20?/m0/s1. The number of halogens is 3. The Kier molecular flexibility index (Phi) is 6.71. The van der Waals surface area contributed by atoms with Crippen molar-refractivity contribution in [3.8, 4) is 6.07 Å². The van der Waals surface area contributed by atoms with Gasteiger partial charge in [0.1, 0.15) is 5.52 Å². The van der Waals surface area contributed by atoms with Gasteiger partial charge in [-0.2, -0.15) is 23.4 Å². The average Bonchev–Trinajstić information content (AvgIpc) is 3.21. The van der Waals surface area contributed by atoms with Gasteiger partial charge < -0.3 is 15.4 Å². The van der Waals surface area contributed by atoms with Crippen molar-refractivity contribution in [2.45, 2.75) is 69.8 Å². The third kappa shape index (κ3) is 5.23. The molecular formula is C25H28F3N7O. The zero-order valence-electron chi connectivity index (χ0n) is 19.9. The summed E-state index contributed by atoms with van der Waals surface area (Å²) in [5, 5.41) is 15.9. The first-order chi connectivity index (χ1) is 17.3. The van der Waals surface area contributed by atoms with Gasteiger partial charge in [-0.1, -0.05) is 0 Å². The molecule has 1 aliphatic carbocycles. The molecule has 1 saturated heterocycles. The number of rotatable bonds is 5. The van der Waals surface area contributed by atoms with Crippen molar-refractivity contribution in [1.29, 1.82) is 5.26 Å². The van der Waals surface area contributed by atoms with E-state index in [9.17, 15) is 18.4 Å². The van der Waals surface area contributed by atoms with Gasteiger partial charge in [-0.05, 0) is 69.7 Å². The molecule has 0 radical (unpaired) electrons. The Labute approximate surface area is 206 Å². The Balaban J connectivity index is 1.47. The Morgan fingerprint density at radius 1 is 1.08 bits per heavy atom. The fourth-order valence-corrected chi connectivity index (χ4v) is 5.04. The van der Waals surface area contributed by atoms with E-state index in [0.29, 0.717) is 35.4 Å². The SMILES string of the molecule is C[C@H]1C[C@@H](Nc2ncc3nc(Nc4ccc(C(F)(F)F)cc4)n(C4CCC(C#N)CC4)c3n2)CCO1. The van der Waals surface area contributed by atoms with Gasteiger partial charge in [-0.3, -0.25) is 4.57 Å². The van der Waals surface area contributed by atoms with E-state index in [-0.39, 0.29) is 24.1 Å². The fourth-order valence-electron chi connectivity index (χ4n) is 5.04. The summed E-state index contributed by atoms with van der Waals surface area (Å²) in [4.78, 5) is 13.9. The van der Waals surface area contributed by atoms with E-state index in [2.05, 4.69) is 26.7 Å². The average molecular weight is 500 g/mol. The minimum absolute atomic E-state index is 0.0321. The first-order valence-electron chi connectivity index (χ1n) is 12.3. The van der Waals surface area contributed by atoms with Crippen molar-refractivity contribution in [3.05, 3.63) is 36.0 Å². The predicted octanol–water partition coefficient (Wildman–Crippen LogP) is 5.82. The topological polar surface area (TPSA) is 101 Å². The summed E-state index contributed by atoms with van der Waals surface area (Å²) in [6, 6.07) is 7.50. The lowest BCUT2D eigenvalue weighted by Crippen LogP contribution is -2.33. The number of imidazole rings is 1. The van der Waals surface area contributed by atoms with Gasteiger partial charge in [0.15, 0.2) is 5.65 Å². The Hall–Kier alpha value is -3.39. The summed E-state index contributed by atoms with van der Waals surface area (Å²) < 4.78 is 46.6. The van der Waals surface area contributed by atoms with Crippen LogP contribution in [-0.2, 0) is 10.9 Å². The molecule has 0 amide bonds. The monoisotopic (exact) mass is 499 g/mol. The molecule has 1 aliphatic heterocycles. The lowest BCUT2D eigenvalue weighted by molar-refractivity contribution is -0.137. The molecule has 2 aromatic heterocycles. The molecule has 0 bridgehead atoms. The van der Waals surface area contributed by atoms with Gasteiger partial charge in [0.05, 0.1) is 23.9 Å². The van der Waals surface area contributed by atoms with Crippen molar-refractivity contribution in [3.63, 3.8) is 0 Å². The fraction of sp³-hybridized carbons (Fsp3) is 0.520. The number of anilines is 3. The van der Waals surface area contributed by atoms with Crippen LogP contribution in [0.3, 0.4) is 0 Å². The third-order valence-electron chi connectivity index (χ3n) is 6.96. The Morgan fingerprint density at radius 2 is 1.83 bits per heavy atom. The molecule has 1 aromatic carbocycles. The number of fused-ring (bicyclic) bond motifs is 1. The third-order valence-corrected chi connectivity index (χ3v) is 6.96. The summed E-state index contributed by atoms with van der Waals surface area (Å²) >= 11 is 0. The minimum Gasteiger partial charge on any atom is -0.378 e. The zero-order chi connectivity index (χ0) is 25.3. The molecular weight excluding hydrogens is 471 g/mol. The number of nitrogens with zero attached hydrogens (tertiary/aromatic N) is 5. The van der Waals surface area contributed by atoms with E-state index in [4.69, 9.17) is 9.72 Å². The van der Waals surface area contributed by atoms with E-state index >= 15 is 0 Å². The van der Waals surface area contributed by atoms with Crippen LogP contribution in [0.1, 0.15) is 57.1 Å². The molecule has 3 aromatic rings. The summed E-state index contributed by atoms with van der Waals surface area (Å²) in [5.41, 5.74) is 1.04. The van der Waals surface area contributed by atoms with E-state index in [1.54, 1.807) is 6.20 Å². The highest BCUT2D eigenvalue weighted by atomic mass is 19.4. The molecule has 2 aliphatic rings. The van der Waals surface area contributed by atoms with Gasteiger partial charge in [-0.15, -0.1) is 0 Å². The van der Waals surface area contributed by atoms with Crippen LogP contribution in [0.2, 0.25) is 0 Å². The maximum absolute atomic E-state index is 13.0. The predicted molar refractivity (Wildman–Crippen MR) is 129 cm³/mol. The van der Waals surface area contributed by atoms with E-state index in [1.807, 2.05) is 11.5 Å². The normalized spacial score (nSPS) is 24.9. The molecule has 0 spiro atoms. The van der Waals surface area contributed by atoms with Gasteiger partial charge in [0.2, 0.25) is 11.9 Å². The summed E-state index contributed by atoms with van der Waals surface area (Å²) in [6.45, 7) is 2.73. The van der Waals surface area contributed by atoms with Crippen molar-refractivity contribution in [2.75, 3.05) is 17.2 Å². The van der Waals surface area contributed by atoms with E-state index < -0.39 is 11.7 Å². The molecule has 0 unspecified atom stereocenters. The second-order valence-corrected chi connectivity index (χ2v) is 9.59. The number of benzene rings is 1. The van der Waals surface area contributed by atoms with Crippen molar-refractivity contribution >= 4 is 28.7 Å². The number of alkyl halides is 3. The number of hydrogen-bond donors (Lipinski definition) is 2. The molecule has 11 heteroatoms. The number of nitriles is 1. The Morgan fingerprint density at radius 3 is 2.50 bits per heavy atom. The minimum atomic E-state index is -4.40. The first-order valence-corrected chi connectivity index (χ1v) is 12.3. The Bertz CT molecular complexity index is 1240. The van der Waals surface area contributed by atoms with Crippen LogP contribution in [0.4, 0.5) is 30.8 Å². The second-order valence-electron chi connectivity index (χ2n) is 9.59. The zero-order valence-corrected chi connectivity index (χ0v) is 19.9. The van der Waals surface area contributed by atoms with Gasteiger partial charge >= 0.3 is 6.18 Å². The van der Waals surface area contributed by atoms with Crippen molar-refractivity contribution < 1.29 is 17.9 Å². The van der Waals surface area contributed by atoms with Crippen molar-refractivity contribution in [2.24, 2.45) is 5.92 Å². The highest BCUT2D eigenvalue weighted by Crippen LogP contribution is 2.37. The molecule has 2 atom stereocenters. The number of nitrogens with one attached hydrogen (secondary N) is 2. The smallest absolute Gasteiger partial charge is 0.378 e. The molecule has 3 heterocycles. The van der Waals surface area contributed by atoms with Gasteiger partial charge in [0, 0.05) is 30.3 Å².